The fraction of sp³-hybridized carbons (Fsp3) is 0.267. The Morgan fingerprint density at radius 1 is 1.05 bits per heavy atom. The maximum Gasteiger partial charge on any atom is 0.226 e. The van der Waals surface area contributed by atoms with Gasteiger partial charge < -0.3 is 20.1 Å². The fourth-order valence-electron chi connectivity index (χ4n) is 5.20. The molecule has 4 heterocycles. The van der Waals surface area contributed by atoms with Gasteiger partial charge in [0.1, 0.15) is 0 Å². The van der Waals surface area contributed by atoms with E-state index in [-0.39, 0.29) is 18.0 Å². The number of nitrogens with one attached hydrogen (secondary N) is 2. The number of aryl methyl sites for hydroxylation is 2. The molecule has 1 aromatic carbocycles. The van der Waals surface area contributed by atoms with Crippen LogP contribution in [0.15, 0.2) is 79.3 Å². The topological polar surface area (TPSA) is 75.1 Å². The number of amides is 1. The molecule has 38 heavy (non-hydrogen) atoms. The Balaban J connectivity index is 1.43. The van der Waals surface area contributed by atoms with E-state index in [1.807, 2.05) is 61.7 Å². The third-order valence-corrected chi connectivity index (χ3v) is 7.43. The number of hydrogen-bond acceptors (Lipinski definition) is 4. The van der Waals surface area contributed by atoms with Crippen molar-refractivity contribution < 1.29 is 4.79 Å². The number of carbonyl (C=O) groups is 1. The van der Waals surface area contributed by atoms with Crippen molar-refractivity contribution in [3.63, 3.8) is 0 Å². The lowest BCUT2D eigenvalue weighted by Gasteiger charge is -2.28. The molecule has 4 aromatic rings. The molecule has 2 N–H and O–H groups in total. The zero-order valence-electron chi connectivity index (χ0n) is 21.9. The van der Waals surface area contributed by atoms with Crippen LogP contribution < -0.4 is 10.6 Å². The molecule has 1 aliphatic rings. The van der Waals surface area contributed by atoms with E-state index in [0.29, 0.717) is 18.1 Å². The molecule has 0 radical (unpaired) electrons. The lowest BCUT2D eigenvalue weighted by atomic mass is 9.96. The molecule has 1 aliphatic heterocycles. The molecule has 2 atom stereocenters. The molecular formula is C30H32N6OS. The Labute approximate surface area is 228 Å². The lowest BCUT2D eigenvalue weighted by Crippen LogP contribution is -2.33. The van der Waals surface area contributed by atoms with E-state index in [1.54, 1.807) is 12.4 Å². The molecule has 0 bridgehead atoms. The molecule has 0 saturated carbocycles. The standard InChI is InChI=1S/C30H32N6OS/c1-20-8-6-10-24(16-20)33-27(37)12-15-35-29(28(34-30(35)38)26-11-4-5-14-32-26)25-17-21(2)36(22(25)3)19-23-9-7-13-31-18-23/h4-11,13-14,16-18,28-29H,12,15,19H2,1-3H3,(H,33,37)(H,34,38)/t28-,29+/m1/s1. The van der Waals surface area contributed by atoms with Crippen LogP contribution in [0.1, 0.15) is 52.3 Å². The second-order valence-corrected chi connectivity index (χ2v) is 10.1. The SMILES string of the molecule is Cc1cccc(NC(=O)CCN2C(=S)N[C@H](c3ccccn3)[C@@H]2c2cc(C)n(Cc3cccnc3)c2C)c1. The molecule has 0 aliphatic carbocycles. The predicted octanol–water partition coefficient (Wildman–Crippen LogP) is 5.25. The van der Waals surface area contributed by atoms with Crippen LogP contribution in [0.2, 0.25) is 0 Å². The van der Waals surface area contributed by atoms with Crippen molar-refractivity contribution in [2.24, 2.45) is 0 Å². The molecule has 7 nitrogen and oxygen atoms in total. The number of hydrogen-bond donors (Lipinski definition) is 2. The number of rotatable bonds is 8. The number of aromatic nitrogens is 3. The van der Waals surface area contributed by atoms with Gasteiger partial charge in [-0.15, -0.1) is 0 Å². The first-order valence-electron chi connectivity index (χ1n) is 12.8. The predicted molar refractivity (Wildman–Crippen MR) is 154 cm³/mol. The third kappa shape index (κ3) is 5.45. The Morgan fingerprint density at radius 3 is 2.66 bits per heavy atom. The fourth-order valence-corrected chi connectivity index (χ4v) is 5.53. The molecular weight excluding hydrogens is 492 g/mol. The number of pyridine rings is 2. The molecule has 8 heteroatoms. The van der Waals surface area contributed by atoms with E-state index in [2.05, 4.69) is 56.0 Å². The minimum atomic E-state index is -0.129. The van der Waals surface area contributed by atoms with Crippen molar-refractivity contribution in [1.29, 1.82) is 0 Å². The third-order valence-electron chi connectivity index (χ3n) is 7.07. The normalized spacial score (nSPS) is 16.9. The van der Waals surface area contributed by atoms with Crippen LogP contribution >= 0.6 is 12.2 Å². The Morgan fingerprint density at radius 2 is 1.92 bits per heavy atom. The maximum atomic E-state index is 12.9. The summed E-state index contributed by atoms with van der Waals surface area (Å²) in [7, 11) is 0. The van der Waals surface area contributed by atoms with Gasteiger partial charge in [0.05, 0.1) is 17.8 Å². The second kappa shape index (κ2) is 11.1. The number of benzene rings is 1. The molecule has 194 valence electrons. The minimum Gasteiger partial charge on any atom is -0.352 e. The first kappa shape index (κ1) is 25.6. The van der Waals surface area contributed by atoms with Crippen LogP contribution in [-0.4, -0.2) is 37.0 Å². The van der Waals surface area contributed by atoms with Crippen molar-refractivity contribution in [3.8, 4) is 0 Å². The maximum absolute atomic E-state index is 12.9. The van der Waals surface area contributed by atoms with E-state index < -0.39 is 0 Å². The second-order valence-electron chi connectivity index (χ2n) is 9.76. The highest BCUT2D eigenvalue weighted by Crippen LogP contribution is 2.41. The average molecular weight is 525 g/mol. The summed E-state index contributed by atoms with van der Waals surface area (Å²) < 4.78 is 2.31. The van der Waals surface area contributed by atoms with Gasteiger partial charge in [-0.05, 0) is 86.1 Å². The monoisotopic (exact) mass is 524 g/mol. The first-order chi connectivity index (χ1) is 18.4. The molecule has 5 rings (SSSR count). The summed E-state index contributed by atoms with van der Waals surface area (Å²) in [6.45, 7) is 7.52. The van der Waals surface area contributed by atoms with Gasteiger partial charge in [-0.3, -0.25) is 14.8 Å². The first-order valence-corrected chi connectivity index (χ1v) is 13.2. The number of carbonyl (C=O) groups excluding carboxylic acids is 1. The van der Waals surface area contributed by atoms with Gasteiger partial charge in [0.25, 0.3) is 0 Å². The highest BCUT2D eigenvalue weighted by atomic mass is 32.1. The molecule has 3 aromatic heterocycles. The number of nitrogens with zero attached hydrogens (tertiary/aromatic N) is 4. The largest absolute Gasteiger partial charge is 0.352 e. The summed E-state index contributed by atoms with van der Waals surface area (Å²) in [6.07, 6.45) is 5.82. The van der Waals surface area contributed by atoms with Crippen LogP contribution in [0.5, 0.6) is 0 Å². The van der Waals surface area contributed by atoms with Gasteiger partial charge in [-0.1, -0.05) is 24.3 Å². The highest BCUT2D eigenvalue weighted by Gasteiger charge is 2.41. The van der Waals surface area contributed by atoms with Crippen LogP contribution in [-0.2, 0) is 11.3 Å². The van der Waals surface area contributed by atoms with Crippen LogP contribution in [0, 0.1) is 20.8 Å². The van der Waals surface area contributed by atoms with Crippen LogP contribution in [0.25, 0.3) is 0 Å². The molecule has 1 fully saturated rings. The molecule has 0 spiro atoms. The van der Waals surface area contributed by atoms with Gasteiger partial charge in [0, 0.05) is 55.2 Å². The summed E-state index contributed by atoms with van der Waals surface area (Å²) in [5.41, 5.74) is 7.48. The number of anilines is 1. The summed E-state index contributed by atoms with van der Waals surface area (Å²) in [5, 5.41) is 7.15. The van der Waals surface area contributed by atoms with E-state index >= 15 is 0 Å². The number of thiocarbonyl (C=S) groups is 1. The quantitative estimate of drug-likeness (QED) is 0.307. The zero-order valence-corrected chi connectivity index (χ0v) is 22.7. The van der Waals surface area contributed by atoms with Gasteiger partial charge in [-0.25, -0.2) is 0 Å². The van der Waals surface area contributed by atoms with Crippen molar-refractivity contribution in [2.45, 2.75) is 45.8 Å². The molecule has 1 saturated heterocycles. The van der Waals surface area contributed by atoms with E-state index in [9.17, 15) is 4.79 Å². The molecule has 0 unspecified atom stereocenters. The van der Waals surface area contributed by atoms with Gasteiger partial charge in [-0.2, -0.15) is 0 Å². The zero-order chi connectivity index (χ0) is 26.6. The van der Waals surface area contributed by atoms with E-state index in [1.165, 1.54) is 5.56 Å². The summed E-state index contributed by atoms with van der Waals surface area (Å²) in [6, 6.07) is 19.8. The van der Waals surface area contributed by atoms with Crippen molar-refractivity contribution >= 4 is 28.9 Å². The smallest absolute Gasteiger partial charge is 0.226 e. The lowest BCUT2D eigenvalue weighted by molar-refractivity contribution is -0.116. The summed E-state index contributed by atoms with van der Waals surface area (Å²) in [4.78, 5) is 24.0. The Bertz CT molecular complexity index is 1440. The Hall–Kier alpha value is -4.04. The van der Waals surface area contributed by atoms with Crippen molar-refractivity contribution in [3.05, 3.63) is 113 Å². The molecule has 1 amide bonds. The Kier molecular flexibility index (Phi) is 7.51. The summed E-state index contributed by atoms with van der Waals surface area (Å²) in [5.74, 6) is -0.0412. The average Bonchev–Trinajstić information content (AvgIpc) is 3.39. The summed E-state index contributed by atoms with van der Waals surface area (Å²) >= 11 is 5.82. The van der Waals surface area contributed by atoms with Crippen molar-refractivity contribution in [1.82, 2.24) is 24.8 Å². The van der Waals surface area contributed by atoms with E-state index in [0.717, 1.165) is 40.4 Å². The highest BCUT2D eigenvalue weighted by molar-refractivity contribution is 7.80. The van der Waals surface area contributed by atoms with Crippen LogP contribution in [0.3, 0.4) is 0 Å². The van der Waals surface area contributed by atoms with Gasteiger partial charge >= 0.3 is 0 Å². The van der Waals surface area contributed by atoms with Gasteiger partial charge in [0.15, 0.2) is 5.11 Å². The van der Waals surface area contributed by atoms with Crippen LogP contribution in [0.4, 0.5) is 5.69 Å². The van der Waals surface area contributed by atoms with E-state index in [4.69, 9.17) is 12.2 Å². The minimum absolute atomic E-state index is 0.0412. The van der Waals surface area contributed by atoms with Crippen molar-refractivity contribution in [2.75, 3.05) is 11.9 Å². The van der Waals surface area contributed by atoms with Gasteiger partial charge in [0.2, 0.25) is 5.91 Å².